The molecule has 2 rings (SSSR count). The molecular formula is C16H15N3O6. The molecule has 9 nitrogen and oxygen atoms in total. The Balaban J connectivity index is 2.24. The first-order valence-corrected chi connectivity index (χ1v) is 7.18. The fraction of sp³-hybridized carbons (Fsp3) is 0.188. The normalized spacial score (nSPS) is 11.4. The maximum Gasteiger partial charge on any atom is 0.326 e. The maximum atomic E-state index is 12.1. The summed E-state index contributed by atoms with van der Waals surface area (Å²) < 4.78 is 5.11. The number of nitrogens with zero attached hydrogens (tertiary/aromatic N) is 2. The minimum Gasteiger partial charge on any atom is -0.496 e. The molecule has 1 heterocycles. The summed E-state index contributed by atoms with van der Waals surface area (Å²) in [6.07, 6.45) is 1.23. The largest absolute Gasteiger partial charge is 0.496 e. The van der Waals surface area contributed by atoms with Crippen LogP contribution >= 0.6 is 0 Å². The molecule has 0 aliphatic rings. The number of carbonyl (C=O) groups is 2. The summed E-state index contributed by atoms with van der Waals surface area (Å²) in [4.78, 5) is 37.7. The standard InChI is InChI=1S/C16H15N3O6/c1-25-14-6-5-11(19(23)24)8-10(14)9-13(16(21)22)18-15(20)12-4-2-3-7-17-12/h2-8,13H,9H2,1H3,(H,18,20)(H,21,22)/t13-/m0/s1. The molecule has 0 fully saturated rings. The Bertz CT molecular complexity index is 794. The van der Waals surface area contributed by atoms with Gasteiger partial charge in [-0.25, -0.2) is 4.79 Å². The second-order valence-electron chi connectivity index (χ2n) is 5.04. The monoisotopic (exact) mass is 345 g/mol. The first kappa shape index (κ1) is 17.9. The number of ether oxygens (including phenoxy) is 1. The number of aliphatic carboxylic acids is 1. The highest BCUT2D eigenvalue weighted by Crippen LogP contribution is 2.25. The van der Waals surface area contributed by atoms with E-state index in [1.165, 1.54) is 37.6 Å². The highest BCUT2D eigenvalue weighted by Gasteiger charge is 2.24. The Labute approximate surface area is 142 Å². The Morgan fingerprint density at radius 3 is 2.68 bits per heavy atom. The van der Waals surface area contributed by atoms with Crippen molar-refractivity contribution in [3.8, 4) is 5.75 Å². The Hall–Kier alpha value is -3.49. The number of carboxylic acids is 1. The molecule has 0 saturated heterocycles. The Kier molecular flexibility index (Phi) is 5.62. The number of hydrogen-bond donors (Lipinski definition) is 2. The smallest absolute Gasteiger partial charge is 0.326 e. The molecule has 0 bridgehead atoms. The second kappa shape index (κ2) is 7.86. The van der Waals surface area contributed by atoms with Gasteiger partial charge >= 0.3 is 5.97 Å². The minimum absolute atomic E-state index is 0.0692. The number of nitro benzene ring substituents is 1. The molecule has 0 radical (unpaired) electrons. The van der Waals surface area contributed by atoms with Crippen molar-refractivity contribution in [3.63, 3.8) is 0 Å². The van der Waals surface area contributed by atoms with E-state index in [2.05, 4.69) is 10.3 Å². The molecule has 2 aromatic rings. The number of hydrogen-bond acceptors (Lipinski definition) is 6. The van der Waals surface area contributed by atoms with Crippen LogP contribution in [0.3, 0.4) is 0 Å². The van der Waals surface area contributed by atoms with Gasteiger partial charge in [-0.05, 0) is 18.2 Å². The van der Waals surface area contributed by atoms with Crippen molar-refractivity contribution >= 4 is 17.6 Å². The molecule has 1 atom stereocenters. The van der Waals surface area contributed by atoms with Crippen LogP contribution in [0.25, 0.3) is 0 Å². The van der Waals surface area contributed by atoms with Crippen molar-refractivity contribution in [2.75, 3.05) is 7.11 Å². The van der Waals surface area contributed by atoms with Gasteiger partial charge in [-0.15, -0.1) is 0 Å². The maximum absolute atomic E-state index is 12.1. The van der Waals surface area contributed by atoms with Gasteiger partial charge in [0.2, 0.25) is 0 Å². The van der Waals surface area contributed by atoms with Crippen molar-refractivity contribution in [1.29, 1.82) is 0 Å². The van der Waals surface area contributed by atoms with Crippen molar-refractivity contribution in [1.82, 2.24) is 10.3 Å². The SMILES string of the molecule is COc1ccc([N+](=O)[O-])cc1C[C@H](NC(=O)c1ccccn1)C(=O)O. The first-order chi connectivity index (χ1) is 11.9. The molecule has 0 aliphatic carbocycles. The number of pyridine rings is 1. The van der Waals surface area contributed by atoms with Gasteiger partial charge in [-0.1, -0.05) is 6.07 Å². The van der Waals surface area contributed by atoms with Crippen molar-refractivity contribution in [2.24, 2.45) is 0 Å². The van der Waals surface area contributed by atoms with Crippen LogP contribution in [0.1, 0.15) is 16.1 Å². The summed E-state index contributed by atoms with van der Waals surface area (Å²) in [6, 6.07) is 7.23. The average molecular weight is 345 g/mol. The summed E-state index contributed by atoms with van der Waals surface area (Å²) >= 11 is 0. The molecule has 1 aromatic carbocycles. The summed E-state index contributed by atoms with van der Waals surface area (Å²) in [5.74, 6) is -1.64. The van der Waals surface area contributed by atoms with Gasteiger partial charge < -0.3 is 15.2 Å². The zero-order valence-electron chi connectivity index (χ0n) is 13.2. The Morgan fingerprint density at radius 2 is 2.12 bits per heavy atom. The van der Waals surface area contributed by atoms with Crippen LogP contribution in [-0.4, -0.2) is 40.0 Å². The quantitative estimate of drug-likeness (QED) is 0.573. The van der Waals surface area contributed by atoms with E-state index < -0.39 is 22.8 Å². The lowest BCUT2D eigenvalue weighted by molar-refractivity contribution is -0.384. The van der Waals surface area contributed by atoms with E-state index in [4.69, 9.17) is 4.74 Å². The van der Waals surface area contributed by atoms with Crippen LogP contribution in [-0.2, 0) is 11.2 Å². The number of amides is 1. The second-order valence-corrected chi connectivity index (χ2v) is 5.04. The number of nitrogens with one attached hydrogen (secondary N) is 1. The van der Waals surface area contributed by atoms with E-state index in [0.717, 1.165) is 0 Å². The third-order valence-corrected chi connectivity index (χ3v) is 3.40. The number of benzene rings is 1. The van der Waals surface area contributed by atoms with E-state index in [1.807, 2.05) is 0 Å². The highest BCUT2D eigenvalue weighted by atomic mass is 16.6. The predicted molar refractivity (Wildman–Crippen MR) is 86.5 cm³/mol. The molecule has 1 aromatic heterocycles. The van der Waals surface area contributed by atoms with Gasteiger partial charge in [0, 0.05) is 30.3 Å². The van der Waals surface area contributed by atoms with Crippen LogP contribution in [0, 0.1) is 10.1 Å². The lowest BCUT2D eigenvalue weighted by atomic mass is 10.0. The third-order valence-electron chi connectivity index (χ3n) is 3.40. The zero-order chi connectivity index (χ0) is 18.4. The van der Waals surface area contributed by atoms with Crippen molar-refractivity contribution in [3.05, 3.63) is 64.0 Å². The lowest BCUT2D eigenvalue weighted by Gasteiger charge is -2.16. The number of carbonyl (C=O) groups excluding carboxylic acids is 1. The van der Waals surface area contributed by atoms with Gasteiger partial charge in [0.25, 0.3) is 11.6 Å². The minimum atomic E-state index is -1.30. The van der Waals surface area contributed by atoms with Crippen LogP contribution in [0.5, 0.6) is 5.75 Å². The predicted octanol–water partition coefficient (Wildman–Crippen LogP) is 1.42. The van der Waals surface area contributed by atoms with Crippen molar-refractivity contribution < 1.29 is 24.4 Å². The van der Waals surface area contributed by atoms with Crippen LogP contribution in [0.15, 0.2) is 42.6 Å². The summed E-state index contributed by atoms with van der Waals surface area (Å²) in [5.41, 5.74) is 0.168. The fourth-order valence-electron chi connectivity index (χ4n) is 2.19. The van der Waals surface area contributed by atoms with Gasteiger partial charge in [0.15, 0.2) is 0 Å². The fourth-order valence-corrected chi connectivity index (χ4v) is 2.19. The highest BCUT2D eigenvalue weighted by molar-refractivity contribution is 5.95. The van der Waals surface area contributed by atoms with E-state index in [-0.39, 0.29) is 17.8 Å². The zero-order valence-corrected chi connectivity index (χ0v) is 13.2. The number of carboxylic acid groups (broad SMARTS) is 1. The molecular weight excluding hydrogens is 330 g/mol. The lowest BCUT2D eigenvalue weighted by Crippen LogP contribution is -2.42. The average Bonchev–Trinajstić information content (AvgIpc) is 2.61. The summed E-state index contributed by atoms with van der Waals surface area (Å²) in [6.45, 7) is 0. The van der Waals surface area contributed by atoms with Crippen LogP contribution in [0.2, 0.25) is 0 Å². The topological polar surface area (TPSA) is 132 Å². The molecule has 130 valence electrons. The van der Waals surface area contributed by atoms with E-state index >= 15 is 0 Å². The van der Waals surface area contributed by atoms with Gasteiger partial charge in [0.1, 0.15) is 17.5 Å². The number of non-ortho nitro benzene ring substituents is 1. The van der Waals surface area contributed by atoms with Gasteiger partial charge in [0.05, 0.1) is 12.0 Å². The van der Waals surface area contributed by atoms with E-state index in [0.29, 0.717) is 11.3 Å². The molecule has 0 aliphatic heterocycles. The first-order valence-electron chi connectivity index (χ1n) is 7.18. The van der Waals surface area contributed by atoms with Gasteiger partial charge in [-0.2, -0.15) is 0 Å². The molecule has 2 N–H and O–H groups in total. The molecule has 0 unspecified atom stereocenters. The number of aromatic nitrogens is 1. The van der Waals surface area contributed by atoms with E-state index in [9.17, 15) is 24.8 Å². The molecule has 25 heavy (non-hydrogen) atoms. The number of rotatable bonds is 7. The summed E-state index contributed by atoms with van der Waals surface area (Å²) in [5, 5.41) is 22.6. The number of methoxy groups -OCH3 is 1. The van der Waals surface area contributed by atoms with Gasteiger partial charge in [-0.3, -0.25) is 19.9 Å². The molecule has 0 spiro atoms. The van der Waals surface area contributed by atoms with E-state index in [1.54, 1.807) is 12.1 Å². The Morgan fingerprint density at radius 1 is 1.36 bits per heavy atom. The third kappa shape index (κ3) is 4.50. The van der Waals surface area contributed by atoms with Crippen molar-refractivity contribution in [2.45, 2.75) is 12.5 Å². The van der Waals surface area contributed by atoms with Crippen LogP contribution < -0.4 is 10.1 Å². The molecule has 0 saturated carbocycles. The molecule has 1 amide bonds. The summed E-state index contributed by atoms with van der Waals surface area (Å²) in [7, 11) is 1.37. The van der Waals surface area contributed by atoms with Crippen LogP contribution in [0.4, 0.5) is 5.69 Å². The number of nitro groups is 1. The molecule has 9 heteroatoms.